The molecule has 1 aromatic carbocycles. The van der Waals surface area contributed by atoms with Crippen molar-refractivity contribution in [2.75, 3.05) is 25.0 Å². The number of rotatable bonds is 6. The van der Waals surface area contributed by atoms with Crippen LogP contribution in [0, 0.1) is 11.8 Å². The molecule has 2 aliphatic heterocycles. The van der Waals surface area contributed by atoms with Crippen molar-refractivity contribution in [3.8, 4) is 0 Å². The van der Waals surface area contributed by atoms with Gasteiger partial charge in [0.1, 0.15) is 0 Å². The fourth-order valence-electron chi connectivity index (χ4n) is 5.26. The van der Waals surface area contributed by atoms with Gasteiger partial charge in [0.05, 0.1) is 5.69 Å². The van der Waals surface area contributed by atoms with Crippen LogP contribution < -0.4 is 5.32 Å². The first kappa shape index (κ1) is 23.8. The molecule has 4 rings (SSSR count). The van der Waals surface area contributed by atoms with Gasteiger partial charge in [-0.1, -0.05) is 51.1 Å². The minimum absolute atomic E-state index is 0.0567. The van der Waals surface area contributed by atoms with E-state index in [2.05, 4.69) is 67.3 Å². The molecule has 2 aromatic rings. The maximum absolute atomic E-state index is 13.7. The number of carbonyl (C=O) groups excluding carboxylic acids is 1. The zero-order valence-corrected chi connectivity index (χ0v) is 20.7. The lowest BCUT2D eigenvalue weighted by Gasteiger charge is -2.33. The summed E-state index contributed by atoms with van der Waals surface area (Å²) < 4.78 is 5.54. The highest BCUT2D eigenvalue weighted by Crippen LogP contribution is 2.30. The molecule has 1 N–H and O–H groups in total. The third-order valence-corrected chi connectivity index (χ3v) is 7.01. The van der Waals surface area contributed by atoms with Gasteiger partial charge in [-0.05, 0) is 62.1 Å². The molecule has 2 aliphatic rings. The van der Waals surface area contributed by atoms with Crippen molar-refractivity contribution < 1.29 is 9.32 Å². The Hall–Kier alpha value is -2.34. The minimum Gasteiger partial charge on any atom is -0.385 e. The lowest BCUT2D eigenvalue weighted by molar-refractivity contribution is 0.0626. The number of carbonyl (C=O) groups is 1. The summed E-state index contributed by atoms with van der Waals surface area (Å²) in [5, 5.41) is 7.83. The molecule has 180 valence electrons. The fraction of sp³-hybridized carbons (Fsp3) is 0.630. The first-order chi connectivity index (χ1) is 15.9. The standard InChI is InChI=1S/C27H40N4O2/c1-19(2)12-14-31-23-9-10-24(31)18-30(17-21-7-5-6-8-25(21)28-13-11-23)27(32)26-16-22(29-33-26)15-20(3)4/h5-8,16,19-20,23-24,28H,9-15,17-18H2,1-4H3/t23-,24+/m1/s1. The predicted octanol–water partition coefficient (Wildman–Crippen LogP) is 5.21. The number of nitrogens with zero attached hydrogens (tertiary/aromatic N) is 3. The molecule has 1 aromatic heterocycles. The van der Waals surface area contributed by atoms with Crippen molar-refractivity contribution in [3.63, 3.8) is 0 Å². The summed E-state index contributed by atoms with van der Waals surface area (Å²) in [5.41, 5.74) is 3.13. The minimum atomic E-state index is -0.0567. The summed E-state index contributed by atoms with van der Waals surface area (Å²) in [5.74, 6) is 1.45. The van der Waals surface area contributed by atoms with Gasteiger partial charge in [0.15, 0.2) is 0 Å². The van der Waals surface area contributed by atoms with Crippen LogP contribution in [-0.4, -0.2) is 52.6 Å². The van der Waals surface area contributed by atoms with Crippen molar-refractivity contribution in [3.05, 3.63) is 47.3 Å². The van der Waals surface area contributed by atoms with E-state index < -0.39 is 0 Å². The van der Waals surface area contributed by atoms with E-state index in [0.29, 0.717) is 36.2 Å². The molecule has 1 fully saturated rings. The fourth-order valence-corrected chi connectivity index (χ4v) is 5.26. The zero-order chi connectivity index (χ0) is 23.4. The molecule has 0 unspecified atom stereocenters. The lowest BCUT2D eigenvalue weighted by atomic mass is 10.1. The molecule has 6 heteroatoms. The number of hydrogen-bond donors (Lipinski definition) is 1. The van der Waals surface area contributed by atoms with Crippen molar-refractivity contribution >= 4 is 11.6 Å². The average Bonchev–Trinajstić information content (AvgIpc) is 3.37. The van der Waals surface area contributed by atoms with Gasteiger partial charge in [-0.2, -0.15) is 0 Å². The van der Waals surface area contributed by atoms with E-state index in [1.807, 2.05) is 11.0 Å². The molecule has 2 bridgehead atoms. The van der Waals surface area contributed by atoms with Crippen LogP contribution in [0.25, 0.3) is 0 Å². The molecule has 0 saturated carbocycles. The number of benzene rings is 1. The average molecular weight is 453 g/mol. The first-order valence-corrected chi connectivity index (χ1v) is 12.7. The normalized spacial score (nSPS) is 21.7. The molecule has 0 spiro atoms. The van der Waals surface area contributed by atoms with E-state index >= 15 is 0 Å². The van der Waals surface area contributed by atoms with Crippen LogP contribution in [0.2, 0.25) is 0 Å². The molecule has 0 aliphatic carbocycles. The van der Waals surface area contributed by atoms with E-state index in [1.54, 1.807) is 0 Å². The maximum atomic E-state index is 13.7. The zero-order valence-electron chi connectivity index (χ0n) is 20.7. The second-order valence-corrected chi connectivity index (χ2v) is 10.6. The largest absolute Gasteiger partial charge is 0.385 e. The number of amides is 1. The van der Waals surface area contributed by atoms with Crippen LogP contribution in [0.15, 0.2) is 34.9 Å². The first-order valence-electron chi connectivity index (χ1n) is 12.7. The summed E-state index contributed by atoms with van der Waals surface area (Å²) in [7, 11) is 0. The molecule has 6 nitrogen and oxygen atoms in total. The highest BCUT2D eigenvalue weighted by molar-refractivity contribution is 5.91. The van der Waals surface area contributed by atoms with E-state index in [1.165, 1.54) is 12.8 Å². The Morgan fingerprint density at radius 2 is 1.91 bits per heavy atom. The lowest BCUT2D eigenvalue weighted by Crippen LogP contribution is -2.45. The van der Waals surface area contributed by atoms with Crippen molar-refractivity contribution in [2.45, 2.75) is 78.4 Å². The van der Waals surface area contributed by atoms with Crippen molar-refractivity contribution in [1.82, 2.24) is 15.0 Å². The molecule has 1 amide bonds. The Morgan fingerprint density at radius 1 is 1.12 bits per heavy atom. The van der Waals surface area contributed by atoms with Gasteiger partial charge >= 0.3 is 0 Å². The van der Waals surface area contributed by atoms with Crippen LogP contribution >= 0.6 is 0 Å². The van der Waals surface area contributed by atoms with Gasteiger partial charge in [0.25, 0.3) is 5.91 Å². The smallest absolute Gasteiger partial charge is 0.292 e. The predicted molar refractivity (Wildman–Crippen MR) is 132 cm³/mol. The molecular formula is C27H40N4O2. The second kappa shape index (κ2) is 10.7. The summed E-state index contributed by atoms with van der Waals surface area (Å²) in [6.07, 6.45) is 5.49. The SMILES string of the molecule is CC(C)CCN1[C@H]2CCNc3ccccc3CN(C(=O)c3cc(CC(C)C)no3)C[C@@H]1CC2. The quantitative estimate of drug-likeness (QED) is 0.652. The van der Waals surface area contributed by atoms with E-state index in [-0.39, 0.29) is 5.91 Å². The summed E-state index contributed by atoms with van der Waals surface area (Å²) >= 11 is 0. The second-order valence-electron chi connectivity index (χ2n) is 10.6. The van der Waals surface area contributed by atoms with Crippen LogP contribution in [0.3, 0.4) is 0 Å². The van der Waals surface area contributed by atoms with Gasteiger partial charge in [-0.15, -0.1) is 0 Å². The topological polar surface area (TPSA) is 61.6 Å². The van der Waals surface area contributed by atoms with E-state index in [9.17, 15) is 4.79 Å². The van der Waals surface area contributed by atoms with Crippen LogP contribution in [-0.2, 0) is 13.0 Å². The van der Waals surface area contributed by atoms with Crippen molar-refractivity contribution in [1.29, 1.82) is 0 Å². The Labute approximate surface area is 198 Å². The van der Waals surface area contributed by atoms with E-state index in [4.69, 9.17) is 4.52 Å². The Morgan fingerprint density at radius 3 is 2.70 bits per heavy atom. The summed E-state index contributed by atoms with van der Waals surface area (Å²) in [6, 6.07) is 11.2. The number of nitrogens with one attached hydrogen (secondary N) is 1. The van der Waals surface area contributed by atoms with Gasteiger partial charge in [-0.25, -0.2) is 0 Å². The highest BCUT2D eigenvalue weighted by atomic mass is 16.5. The molecule has 0 radical (unpaired) electrons. The number of hydrogen-bond acceptors (Lipinski definition) is 5. The van der Waals surface area contributed by atoms with Gasteiger partial charge in [0, 0.05) is 43.5 Å². The number of aromatic nitrogens is 1. The molecule has 33 heavy (non-hydrogen) atoms. The van der Waals surface area contributed by atoms with Gasteiger partial charge in [0.2, 0.25) is 5.76 Å². The Bertz CT molecular complexity index is 922. The summed E-state index contributed by atoms with van der Waals surface area (Å²) in [6.45, 7) is 12.2. The molecule has 3 heterocycles. The third-order valence-electron chi connectivity index (χ3n) is 7.01. The monoisotopic (exact) mass is 452 g/mol. The molecule has 2 atom stereocenters. The molecule has 1 saturated heterocycles. The van der Waals surface area contributed by atoms with Gasteiger partial charge < -0.3 is 14.7 Å². The maximum Gasteiger partial charge on any atom is 0.292 e. The van der Waals surface area contributed by atoms with Gasteiger partial charge in [-0.3, -0.25) is 9.69 Å². The number of fused-ring (bicyclic) bond motifs is 3. The Kier molecular flexibility index (Phi) is 7.74. The third kappa shape index (κ3) is 5.97. The highest BCUT2D eigenvalue weighted by Gasteiger charge is 2.36. The van der Waals surface area contributed by atoms with Crippen molar-refractivity contribution in [2.24, 2.45) is 11.8 Å². The van der Waals surface area contributed by atoms with Crippen LogP contribution in [0.4, 0.5) is 5.69 Å². The molecular weight excluding hydrogens is 412 g/mol. The summed E-state index contributed by atoms with van der Waals surface area (Å²) in [4.78, 5) is 18.3. The van der Waals surface area contributed by atoms with Crippen LogP contribution in [0.1, 0.15) is 75.2 Å². The van der Waals surface area contributed by atoms with Crippen LogP contribution in [0.5, 0.6) is 0 Å². The number of para-hydroxylation sites is 1. The van der Waals surface area contributed by atoms with E-state index in [0.717, 1.165) is 55.8 Å². The number of anilines is 1. The Balaban J connectivity index is 1.61.